The van der Waals surface area contributed by atoms with E-state index in [1.54, 1.807) is 6.92 Å². The summed E-state index contributed by atoms with van der Waals surface area (Å²) < 4.78 is 0. The van der Waals surface area contributed by atoms with Crippen LogP contribution in [0.5, 0.6) is 0 Å². The van der Waals surface area contributed by atoms with Gasteiger partial charge < -0.3 is 10.2 Å². The molecule has 0 saturated heterocycles. The first-order chi connectivity index (χ1) is 5.98. The molecule has 0 spiro atoms. The lowest BCUT2D eigenvalue weighted by Gasteiger charge is -2.28. The monoisotopic (exact) mass is 189 g/mol. The lowest BCUT2D eigenvalue weighted by atomic mass is 9.93. The van der Waals surface area contributed by atoms with Crippen LogP contribution in [0.3, 0.4) is 0 Å². The third-order valence-electron chi connectivity index (χ3n) is 2.35. The van der Waals surface area contributed by atoms with Gasteiger partial charge in [0, 0.05) is 6.54 Å². The molecule has 4 nitrogen and oxygen atoms in total. The van der Waals surface area contributed by atoms with Crippen LogP contribution in [-0.2, 0) is 4.79 Å². The summed E-state index contributed by atoms with van der Waals surface area (Å²) in [7, 11) is 0. The second kappa shape index (κ2) is 5.19. The molecule has 0 aromatic carbocycles. The molecule has 0 rings (SSSR count). The van der Waals surface area contributed by atoms with E-state index in [2.05, 4.69) is 5.32 Å². The number of β-amino-alcohol motifs (C(OH)–C–C–N with tert-alkyl or cyclic N) is 1. The second-order valence-electron chi connectivity index (χ2n) is 3.32. The van der Waals surface area contributed by atoms with Crippen LogP contribution in [0.25, 0.3) is 0 Å². The number of aliphatic carboxylic acids is 1. The zero-order valence-electron chi connectivity index (χ0n) is 8.50. The van der Waals surface area contributed by atoms with Gasteiger partial charge in [-0.1, -0.05) is 13.8 Å². The fourth-order valence-electron chi connectivity index (χ4n) is 1.22. The number of nitrogens with one attached hydrogen (secondary N) is 1. The van der Waals surface area contributed by atoms with Gasteiger partial charge in [-0.25, -0.2) is 0 Å². The topological polar surface area (TPSA) is 69.6 Å². The van der Waals surface area contributed by atoms with E-state index >= 15 is 0 Å². The molecule has 0 radical (unpaired) electrons. The number of hydrogen-bond acceptors (Lipinski definition) is 3. The summed E-state index contributed by atoms with van der Waals surface area (Å²) in [5.41, 5.74) is -0.878. The average Bonchev–Trinajstić information content (AvgIpc) is 2.06. The molecule has 0 aliphatic rings. The molecule has 0 saturated carbocycles. The Morgan fingerprint density at radius 1 is 1.46 bits per heavy atom. The van der Waals surface area contributed by atoms with E-state index in [4.69, 9.17) is 10.2 Å². The van der Waals surface area contributed by atoms with Gasteiger partial charge in [0.1, 0.15) is 5.54 Å². The Bertz CT molecular complexity index is 164. The van der Waals surface area contributed by atoms with Crippen molar-refractivity contribution in [2.24, 2.45) is 0 Å². The standard InChI is InChI=1S/C9H19NO3/c1-4-9(5-2,8(12)13)10-6-7(3)11/h7,10-11H,4-6H2,1-3H3,(H,12,13). The summed E-state index contributed by atoms with van der Waals surface area (Å²) in [6.07, 6.45) is 0.522. The molecule has 78 valence electrons. The van der Waals surface area contributed by atoms with Crippen LogP contribution in [0, 0.1) is 0 Å². The number of rotatable bonds is 6. The Morgan fingerprint density at radius 3 is 2.15 bits per heavy atom. The third-order valence-corrected chi connectivity index (χ3v) is 2.35. The lowest BCUT2D eigenvalue weighted by Crippen LogP contribution is -2.53. The SMILES string of the molecule is CCC(CC)(NCC(C)O)C(=O)O. The fraction of sp³-hybridized carbons (Fsp3) is 0.889. The lowest BCUT2D eigenvalue weighted by molar-refractivity contribution is -0.145. The van der Waals surface area contributed by atoms with Gasteiger partial charge in [-0.15, -0.1) is 0 Å². The molecular weight excluding hydrogens is 170 g/mol. The summed E-state index contributed by atoms with van der Waals surface area (Å²) in [6, 6.07) is 0. The minimum Gasteiger partial charge on any atom is -0.480 e. The summed E-state index contributed by atoms with van der Waals surface area (Å²) in [4.78, 5) is 11.0. The zero-order chi connectivity index (χ0) is 10.5. The van der Waals surface area contributed by atoms with Crippen LogP contribution in [0.15, 0.2) is 0 Å². The normalized spacial score (nSPS) is 14.2. The predicted molar refractivity (Wildman–Crippen MR) is 50.6 cm³/mol. The average molecular weight is 189 g/mol. The number of carboxylic acid groups (broad SMARTS) is 1. The minimum atomic E-state index is -0.878. The van der Waals surface area contributed by atoms with Gasteiger partial charge in [0.05, 0.1) is 6.10 Å². The van der Waals surface area contributed by atoms with Gasteiger partial charge in [-0.2, -0.15) is 0 Å². The van der Waals surface area contributed by atoms with Gasteiger partial charge in [0.2, 0.25) is 0 Å². The highest BCUT2D eigenvalue weighted by Crippen LogP contribution is 2.15. The third kappa shape index (κ3) is 3.32. The maximum Gasteiger partial charge on any atom is 0.323 e. The molecule has 0 aliphatic carbocycles. The summed E-state index contributed by atoms with van der Waals surface area (Å²) in [5.74, 6) is -0.849. The fourth-order valence-corrected chi connectivity index (χ4v) is 1.22. The highest BCUT2D eigenvalue weighted by Gasteiger charge is 2.34. The molecule has 13 heavy (non-hydrogen) atoms. The Balaban J connectivity index is 4.31. The molecule has 0 heterocycles. The van der Waals surface area contributed by atoms with Crippen molar-refractivity contribution in [1.29, 1.82) is 0 Å². The maximum absolute atomic E-state index is 11.0. The van der Waals surface area contributed by atoms with Gasteiger partial charge in [0.25, 0.3) is 0 Å². The Morgan fingerprint density at radius 2 is 1.92 bits per heavy atom. The van der Waals surface area contributed by atoms with Crippen molar-refractivity contribution >= 4 is 5.97 Å². The van der Waals surface area contributed by atoms with Crippen molar-refractivity contribution in [3.63, 3.8) is 0 Å². The molecule has 1 atom stereocenters. The van der Waals surface area contributed by atoms with E-state index < -0.39 is 17.6 Å². The molecule has 0 fully saturated rings. The van der Waals surface area contributed by atoms with Crippen LogP contribution in [0.1, 0.15) is 33.6 Å². The van der Waals surface area contributed by atoms with Crippen LogP contribution in [0.2, 0.25) is 0 Å². The van der Waals surface area contributed by atoms with Crippen molar-refractivity contribution in [2.75, 3.05) is 6.54 Å². The van der Waals surface area contributed by atoms with Gasteiger partial charge in [0.15, 0.2) is 0 Å². The minimum absolute atomic E-state index is 0.313. The molecule has 3 N–H and O–H groups in total. The molecule has 0 aliphatic heterocycles. The van der Waals surface area contributed by atoms with Crippen LogP contribution >= 0.6 is 0 Å². The molecule has 0 aromatic rings. The number of aliphatic hydroxyl groups excluding tert-OH is 1. The highest BCUT2D eigenvalue weighted by atomic mass is 16.4. The first kappa shape index (κ1) is 12.4. The highest BCUT2D eigenvalue weighted by molar-refractivity contribution is 5.78. The molecule has 0 bridgehead atoms. The molecular formula is C9H19NO3. The molecule has 0 amide bonds. The van der Waals surface area contributed by atoms with E-state index in [9.17, 15) is 4.79 Å². The summed E-state index contributed by atoms with van der Waals surface area (Å²) in [5, 5.41) is 20.9. The van der Waals surface area contributed by atoms with Crippen LogP contribution in [0.4, 0.5) is 0 Å². The largest absolute Gasteiger partial charge is 0.480 e. The molecule has 4 heteroatoms. The van der Waals surface area contributed by atoms with Crippen molar-refractivity contribution in [3.8, 4) is 0 Å². The van der Waals surface area contributed by atoms with Crippen LogP contribution in [-0.4, -0.2) is 34.4 Å². The quantitative estimate of drug-likeness (QED) is 0.572. The van der Waals surface area contributed by atoms with Crippen molar-refractivity contribution < 1.29 is 15.0 Å². The number of carbonyl (C=O) groups is 1. The summed E-state index contributed by atoms with van der Waals surface area (Å²) in [6.45, 7) is 5.60. The first-order valence-electron chi connectivity index (χ1n) is 4.65. The van der Waals surface area contributed by atoms with E-state index in [0.717, 1.165) is 0 Å². The van der Waals surface area contributed by atoms with E-state index in [1.165, 1.54) is 0 Å². The number of aliphatic hydroxyl groups is 1. The molecule has 1 unspecified atom stereocenters. The Labute approximate surface area is 79.0 Å². The van der Waals surface area contributed by atoms with E-state index in [0.29, 0.717) is 19.4 Å². The predicted octanol–water partition coefficient (Wildman–Crippen LogP) is 0.600. The van der Waals surface area contributed by atoms with E-state index in [1.807, 2.05) is 13.8 Å². The zero-order valence-corrected chi connectivity index (χ0v) is 8.50. The smallest absolute Gasteiger partial charge is 0.323 e. The number of carboxylic acids is 1. The first-order valence-corrected chi connectivity index (χ1v) is 4.65. The Hall–Kier alpha value is -0.610. The van der Waals surface area contributed by atoms with Crippen molar-refractivity contribution in [3.05, 3.63) is 0 Å². The Kier molecular flexibility index (Phi) is 4.95. The van der Waals surface area contributed by atoms with Crippen molar-refractivity contribution in [1.82, 2.24) is 5.32 Å². The van der Waals surface area contributed by atoms with Gasteiger partial charge in [-0.3, -0.25) is 10.1 Å². The van der Waals surface area contributed by atoms with E-state index in [-0.39, 0.29) is 0 Å². The maximum atomic E-state index is 11.0. The van der Waals surface area contributed by atoms with Crippen LogP contribution < -0.4 is 5.32 Å². The van der Waals surface area contributed by atoms with Crippen molar-refractivity contribution in [2.45, 2.75) is 45.3 Å². The summed E-state index contributed by atoms with van der Waals surface area (Å²) >= 11 is 0. The van der Waals surface area contributed by atoms with Gasteiger partial charge >= 0.3 is 5.97 Å². The molecule has 0 aromatic heterocycles. The van der Waals surface area contributed by atoms with Gasteiger partial charge in [-0.05, 0) is 19.8 Å². The second-order valence-corrected chi connectivity index (χ2v) is 3.32. The number of hydrogen-bond donors (Lipinski definition) is 3.